The van der Waals surface area contributed by atoms with E-state index in [1.165, 1.54) is 28.4 Å². The van der Waals surface area contributed by atoms with Gasteiger partial charge in [-0.25, -0.2) is 0 Å². The number of aromatic nitrogens is 1. The molecule has 0 saturated carbocycles. The topological polar surface area (TPSA) is 79.2 Å². The van der Waals surface area contributed by atoms with Crippen molar-refractivity contribution in [3.63, 3.8) is 0 Å². The van der Waals surface area contributed by atoms with Crippen LogP contribution in [0.5, 0.6) is 28.7 Å². The van der Waals surface area contributed by atoms with Crippen molar-refractivity contribution in [3.05, 3.63) is 59.9 Å². The van der Waals surface area contributed by atoms with E-state index in [2.05, 4.69) is 0 Å². The third-order valence-corrected chi connectivity index (χ3v) is 4.34. The lowest BCUT2D eigenvalue weighted by molar-refractivity contribution is 0.103. The molecule has 0 aliphatic rings. The summed E-state index contributed by atoms with van der Waals surface area (Å²) in [5, 5.41) is 9.97. The lowest BCUT2D eigenvalue weighted by Crippen LogP contribution is -2.03. The molecule has 0 bridgehead atoms. The highest BCUT2D eigenvalue weighted by atomic mass is 16.5. The molecule has 146 valence electrons. The van der Waals surface area contributed by atoms with Gasteiger partial charge < -0.3 is 28.6 Å². The number of methoxy groups -OCH3 is 4. The van der Waals surface area contributed by atoms with Gasteiger partial charge in [-0.05, 0) is 30.3 Å². The van der Waals surface area contributed by atoms with E-state index < -0.39 is 0 Å². The average molecular weight is 383 g/mol. The normalized spacial score (nSPS) is 10.4. The van der Waals surface area contributed by atoms with Crippen LogP contribution in [0.2, 0.25) is 0 Å². The Bertz CT molecular complexity index is 983. The van der Waals surface area contributed by atoms with E-state index in [0.29, 0.717) is 39.8 Å². The maximum absolute atomic E-state index is 13.0. The first-order chi connectivity index (χ1) is 13.5. The summed E-state index contributed by atoms with van der Waals surface area (Å²) >= 11 is 0. The molecule has 0 amide bonds. The van der Waals surface area contributed by atoms with Gasteiger partial charge in [-0.2, -0.15) is 0 Å². The Balaban J connectivity index is 1.95. The highest BCUT2D eigenvalue weighted by Gasteiger charge is 2.19. The van der Waals surface area contributed by atoms with Crippen LogP contribution in [0.15, 0.2) is 48.8 Å². The van der Waals surface area contributed by atoms with Crippen molar-refractivity contribution in [2.24, 2.45) is 0 Å². The summed E-state index contributed by atoms with van der Waals surface area (Å²) in [6.07, 6.45) is 3.43. The van der Waals surface area contributed by atoms with Crippen LogP contribution in [-0.4, -0.2) is 43.9 Å². The van der Waals surface area contributed by atoms with Gasteiger partial charge in [-0.1, -0.05) is 0 Å². The van der Waals surface area contributed by atoms with Crippen molar-refractivity contribution in [1.29, 1.82) is 0 Å². The van der Waals surface area contributed by atoms with Crippen LogP contribution in [-0.2, 0) is 0 Å². The van der Waals surface area contributed by atoms with Crippen molar-refractivity contribution >= 4 is 5.78 Å². The molecule has 1 aromatic heterocycles. The smallest absolute Gasteiger partial charge is 0.203 e. The van der Waals surface area contributed by atoms with Gasteiger partial charge in [-0.3, -0.25) is 4.79 Å². The lowest BCUT2D eigenvalue weighted by Gasteiger charge is -2.13. The highest BCUT2D eigenvalue weighted by Crippen LogP contribution is 2.38. The number of phenolic OH excluding ortho intramolecular Hbond substituents is 1. The van der Waals surface area contributed by atoms with Crippen molar-refractivity contribution in [1.82, 2.24) is 4.57 Å². The van der Waals surface area contributed by atoms with Gasteiger partial charge in [0.15, 0.2) is 28.8 Å². The second-order valence-corrected chi connectivity index (χ2v) is 5.91. The molecule has 28 heavy (non-hydrogen) atoms. The molecular weight excluding hydrogens is 362 g/mol. The van der Waals surface area contributed by atoms with Gasteiger partial charge in [0.05, 0.1) is 28.4 Å². The lowest BCUT2D eigenvalue weighted by atomic mass is 10.0. The molecule has 2 aromatic carbocycles. The number of carbonyl (C=O) groups excluding carboxylic acids is 1. The molecule has 0 radical (unpaired) electrons. The van der Waals surface area contributed by atoms with E-state index in [-0.39, 0.29) is 11.5 Å². The van der Waals surface area contributed by atoms with Gasteiger partial charge in [-0.15, -0.1) is 0 Å². The van der Waals surface area contributed by atoms with Gasteiger partial charge in [0.1, 0.15) is 0 Å². The summed E-state index contributed by atoms with van der Waals surface area (Å²) in [5.74, 6) is 1.44. The quantitative estimate of drug-likeness (QED) is 0.630. The van der Waals surface area contributed by atoms with Gasteiger partial charge >= 0.3 is 0 Å². The number of hydrogen-bond donors (Lipinski definition) is 1. The molecule has 0 aliphatic heterocycles. The second-order valence-electron chi connectivity index (χ2n) is 5.91. The zero-order chi connectivity index (χ0) is 20.3. The first kappa shape index (κ1) is 19.2. The van der Waals surface area contributed by atoms with Crippen LogP contribution in [0.4, 0.5) is 0 Å². The van der Waals surface area contributed by atoms with Gasteiger partial charge in [0, 0.05) is 35.3 Å². The van der Waals surface area contributed by atoms with E-state index in [4.69, 9.17) is 18.9 Å². The molecule has 0 fully saturated rings. The molecule has 0 unspecified atom stereocenters. The fourth-order valence-corrected chi connectivity index (χ4v) is 2.91. The zero-order valence-corrected chi connectivity index (χ0v) is 16.1. The summed E-state index contributed by atoms with van der Waals surface area (Å²) in [6, 6.07) is 9.93. The number of carbonyl (C=O) groups is 1. The van der Waals surface area contributed by atoms with Crippen molar-refractivity contribution < 1.29 is 28.8 Å². The Kier molecular flexibility index (Phi) is 5.44. The second kappa shape index (κ2) is 7.96. The first-order valence-corrected chi connectivity index (χ1v) is 8.42. The fraction of sp³-hybridized carbons (Fsp3) is 0.190. The highest BCUT2D eigenvalue weighted by molar-refractivity contribution is 6.09. The Morgan fingerprint density at radius 2 is 1.46 bits per heavy atom. The molecule has 0 atom stereocenters. The fourth-order valence-electron chi connectivity index (χ4n) is 2.91. The summed E-state index contributed by atoms with van der Waals surface area (Å²) in [7, 11) is 5.99. The molecular formula is C21H21NO6. The third-order valence-electron chi connectivity index (χ3n) is 4.34. The van der Waals surface area contributed by atoms with E-state index in [9.17, 15) is 9.90 Å². The van der Waals surface area contributed by atoms with E-state index in [1.807, 2.05) is 0 Å². The number of benzene rings is 2. The van der Waals surface area contributed by atoms with E-state index in [0.717, 1.165) is 0 Å². The van der Waals surface area contributed by atoms with Gasteiger partial charge in [0.2, 0.25) is 5.75 Å². The number of ether oxygens (including phenoxy) is 4. The summed E-state index contributed by atoms with van der Waals surface area (Å²) in [4.78, 5) is 13.0. The SMILES string of the molecule is COc1ccc(-n2ccc(C(=O)c3cc(OC)c(OC)c(OC)c3)c2)cc1O. The summed E-state index contributed by atoms with van der Waals surface area (Å²) < 4.78 is 22.7. The molecule has 1 N–H and O–H groups in total. The van der Waals surface area contributed by atoms with Gasteiger partial charge in [0.25, 0.3) is 0 Å². The van der Waals surface area contributed by atoms with Crippen LogP contribution < -0.4 is 18.9 Å². The van der Waals surface area contributed by atoms with Crippen LogP contribution in [0.1, 0.15) is 15.9 Å². The van der Waals surface area contributed by atoms with Crippen molar-refractivity contribution in [3.8, 4) is 34.4 Å². The minimum absolute atomic E-state index is 0.0196. The summed E-state index contributed by atoms with van der Waals surface area (Å²) in [6.45, 7) is 0. The largest absolute Gasteiger partial charge is 0.504 e. The Hall–Kier alpha value is -3.61. The average Bonchev–Trinajstić information content (AvgIpc) is 3.22. The Labute approximate surface area is 162 Å². The molecule has 1 heterocycles. The summed E-state index contributed by atoms with van der Waals surface area (Å²) in [5.41, 5.74) is 1.58. The van der Waals surface area contributed by atoms with Crippen LogP contribution >= 0.6 is 0 Å². The first-order valence-electron chi connectivity index (χ1n) is 8.42. The van der Waals surface area contributed by atoms with Crippen molar-refractivity contribution in [2.45, 2.75) is 0 Å². The predicted molar refractivity (Wildman–Crippen MR) is 104 cm³/mol. The van der Waals surface area contributed by atoms with E-state index >= 15 is 0 Å². The number of ketones is 1. The van der Waals surface area contributed by atoms with Crippen molar-refractivity contribution in [2.75, 3.05) is 28.4 Å². The zero-order valence-electron chi connectivity index (χ0n) is 16.1. The molecule has 3 aromatic rings. The van der Waals surface area contributed by atoms with Crippen LogP contribution in [0.3, 0.4) is 0 Å². The predicted octanol–water partition coefficient (Wildman–Crippen LogP) is 3.45. The number of hydrogen-bond acceptors (Lipinski definition) is 6. The monoisotopic (exact) mass is 383 g/mol. The number of phenols is 1. The molecule has 0 aliphatic carbocycles. The molecule has 7 heteroatoms. The number of nitrogens with zero attached hydrogens (tertiary/aromatic N) is 1. The third kappa shape index (κ3) is 3.46. The Morgan fingerprint density at radius 3 is 2.00 bits per heavy atom. The van der Waals surface area contributed by atoms with Crippen LogP contribution in [0, 0.1) is 0 Å². The molecule has 7 nitrogen and oxygen atoms in total. The molecule has 0 saturated heterocycles. The maximum Gasteiger partial charge on any atom is 0.203 e. The number of aromatic hydroxyl groups is 1. The minimum atomic E-state index is -0.198. The maximum atomic E-state index is 13.0. The van der Waals surface area contributed by atoms with Crippen LogP contribution in [0.25, 0.3) is 5.69 Å². The Morgan fingerprint density at radius 1 is 0.821 bits per heavy atom. The number of rotatable bonds is 7. The molecule has 0 spiro atoms. The standard InChI is InChI=1S/C21H21NO6/c1-25-17-6-5-15(11-16(17)23)22-8-7-13(12-22)20(24)14-9-18(26-2)21(28-4)19(10-14)27-3/h5-12,23H,1-4H3. The minimum Gasteiger partial charge on any atom is -0.504 e. The molecule has 3 rings (SSSR count). The van der Waals surface area contributed by atoms with E-state index in [1.54, 1.807) is 53.4 Å².